The topological polar surface area (TPSA) is 44.8 Å². The molecule has 0 saturated heterocycles. The Balaban J connectivity index is 3.57. The van der Waals surface area contributed by atoms with Crippen molar-refractivity contribution in [3.8, 4) is 0 Å². The molecule has 4 nitrogen and oxygen atoms in total. The quantitative estimate of drug-likeness (QED) is 0.601. The summed E-state index contributed by atoms with van der Waals surface area (Å²) >= 11 is 0. The molecule has 0 aromatic rings. The maximum atomic E-state index is 11.2. The average molecular weight is 232 g/mol. The molecule has 0 aromatic heterocycles. The Hall–Kier alpha value is -0.610. The van der Waals surface area contributed by atoms with Crippen LogP contribution in [0.1, 0.15) is 34.1 Å². The Bertz CT molecular complexity index is 191. The van der Waals surface area contributed by atoms with Crippen LogP contribution >= 0.6 is 0 Å². The Labute approximate surface area is 98.3 Å². The molecule has 2 unspecified atom stereocenters. The Morgan fingerprint density at radius 3 is 2.19 bits per heavy atom. The van der Waals surface area contributed by atoms with Crippen molar-refractivity contribution in [2.45, 2.75) is 46.3 Å². The summed E-state index contributed by atoms with van der Waals surface area (Å²) in [6, 6.07) is 0. The highest BCUT2D eigenvalue weighted by molar-refractivity contribution is 5.69. The molecule has 4 heteroatoms. The lowest BCUT2D eigenvalue weighted by Gasteiger charge is -2.16. The molecule has 0 bridgehead atoms. The fourth-order valence-corrected chi connectivity index (χ4v) is 1.02. The molecule has 0 aliphatic carbocycles. The van der Waals surface area contributed by atoms with Crippen LogP contribution in [0.3, 0.4) is 0 Å². The van der Waals surface area contributed by atoms with E-state index in [1.54, 1.807) is 7.11 Å². The lowest BCUT2D eigenvalue weighted by atomic mass is 10.1. The van der Waals surface area contributed by atoms with Crippen LogP contribution in [0.15, 0.2) is 0 Å². The molecule has 96 valence electrons. The van der Waals surface area contributed by atoms with Gasteiger partial charge in [0.25, 0.3) is 0 Å². The zero-order chi connectivity index (χ0) is 12.6. The van der Waals surface area contributed by atoms with Crippen molar-refractivity contribution in [1.29, 1.82) is 0 Å². The standard InChI is InChI=1S/C12H24O4/c1-9(2)6-12(13)16-8-11(4)15-7-10(3)14-5/h9-11H,6-8H2,1-5H3. The van der Waals surface area contributed by atoms with E-state index in [2.05, 4.69) is 0 Å². The number of hydrogen-bond acceptors (Lipinski definition) is 4. The van der Waals surface area contributed by atoms with Gasteiger partial charge in [0.05, 0.1) is 18.8 Å². The van der Waals surface area contributed by atoms with E-state index < -0.39 is 0 Å². The van der Waals surface area contributed by atoms with Gasteiger partial charge in [-0.05, 0) is 19.8 Å². The summed E-state index contributed by atoms with van der Waals surface area (Å²) in [5.41, 5.74) is 0. The number of rotatable bonds is 8. The van der Waals surface area contributed by atoms with Crippen molar-refractivity contribution in [3.05, 3.63) is 0 Å². The van der Waals surface area contributed by atoms with Crippen LogP contribution in [0.5, 0.6) is 0 Å². The van der Waals surface area contributed by atoms with Gasteiger partial charge in [0.1, 0.15) is 6.61 Å². The van der Waals surface area contributed by atoms with E-state index in [0.717, 1.165) is 0 Å². The van der Waals surface area contributed by atoms with Gasteiger partial charge in [-0.15, -0.1) is 0 Å². The molecule has 0 aliphatic heterocycles. The summed E-state index contributed by atoms with van der Waals surface area (Å²) in [6.07, 6.45) is 0.434. The van der Waals surface area contributed by atoms with Crippen molar-refractivity contribution in [1.82, 2.24) is 0 Å². The first-order chi connectivity index (χ1) is 7.45. The van der Waals surface area contributed by atoms with Gasteiger partial charge in [-0.2, -0.15) is 0 Å². The van der Waals surface area contributed by atoms with Gasteiger partial charge in [-0.1, -0.05) is 13.8 Å². The smallest absolute Gasteiger partial charge is 0.306 e. The minimum atomic E-state index is -0.162. The first kappa shape index (κ1) is 15.4. The summed E-state index contributed by atoms with van der Waals surface area (Å²) < 4.78 is 15.6. The van der Waals surface area contributed by atoms with Gasteiger partial charge in [0.15, 0.2) is 0 Å². The molecule has 0 aromatic carbocycles. The second kappa shape index (κ2) is 8.53. The summed E-state index contributed by atoms with van der Waals surface area (Å²) in [5.74, 6) is 0.169. The zero-order valence-electron chi connectivity index (χ0n) is 11.0. The molecular formula is C12H24O4. The third-order valence-electron chi connectivity index (χ3n) is 2.07. The molecule has 2 atom stereocenters. The Morgan fingerprint density at radius 2 is 1.69 bits per heavy atom. The lowest BCUT2D eigenvalue weighted by molar-refractivity contribution is -0.149. The van der Waals surface area contributed by atoms with Crippen LogP contribution in [0.4, 0.5) is 0 Å². The summed E-state index contributed by atoms with van der Waals surface area (Å²) in [4.78, 5) is 11.2. The second-order valence-electron chi connectivity index (χ2n) is 4.47. The van der Waals surface area contributed by atoms with Gasteiger partial charge in [-0.3, -0.25) is 4.79 Å². The lowest BCUT2D eigenvalue weighted by Crippen LogP contribution is -2.24. The van der Waals surface area contributed by atoms with Crippen molar-refractivity contribution in [2.75, 3.05) is 20.3 Å². The molecule has 0 radical (unpaired) electrons. The SMILES string of the molecule is COC(C)COC(C)COC(=O)CC(C)C. The molecule has 0 fully saturated rings. The zero-order valence-corrected chi connectivity index (χ0v) is 11.0. The van der Waals surface area contributed by atoms with E-state index in [4.69, 9.17) is 14.2 Å². The van der Waals surface area contributed by atoms with Gasteiger partial charge < -0.3 is 14.2 Å². The third kappa shape index (κ3) is 8.68. The van der Waals surface area contributed by atoms with Crippen LogP contribution in [-0.2, 0) is 19.0 Å². The van der Waals surface area contributed by atoms with Gasteiger partial charge >= 0.3 is 5.97 Å². The van der Waals surface area contributed by atoms with Crippen molar-refractivity contribution in [3.63, 3.8) is 0 Å². The minimum absolute atomic E-state index is 0.0637. The van der Waals surface area contributed by atoms with Crippen molar-refractivity contribution in [2.24, 2.45) is 5.92 Å². The minimum Gasteiger partial charge on any atom is -0.463 e. The van der Waals surface area contributed by atoms with E-state index in [0.29, 0.717) is 25.6 Å². The van der Waals surface area contributed by atoms with Crippen LogP contribution in [0.25, 0.3) is 0 Å². The highest BCUT2D eigenvalue weighted by Gasteiger charge is 2.10. The number of methoxy groups -OCH3 is 1. The van der Waals surface area contributed by atoms with E-state index in [-0.39, 0.29) is 18.2 Å². The van der Waals surface area contributed by atoms with Crippen molar-refractivity contribution < 1.29 is 19.0 Å². The van der Waals surface area contributed by atoms with Crippen LogP contribution < -0.4 is 0 Å². The fourth-order valence-electron chi connectivity index (χ4n) is 1.02. The van der Waals surface area contributed by atoms with E-state index in [9.17, 15) is 4.79 Å². The molecule has 0 heterocycles. The first-order valence-electron chi connectivity index (χ1n) is 5.75. The molecular weight excluding hydrogens is 208 g/mol. The van der Waals surface area contributed by atoms with Gasteiger partial charge in [0, 0.05) is 13.5 Å². The normalized spacial score (nSPS) is 14.9. The van der Waals surface area contributed by atoms with Crippen LogP contribution in [-0.4, -0.2) is 38.5 Å². The molecule has 0 saturated carbocycles. The van der Waals surface area contributed by atoms with E-state index >= 15 is 0 Å². The Kier molecular flexibility index (Phi) is 8.21. The third-order valence-corrected chi connectivity index (χ3v) is 2.07. The van der Waals surface area contributed by atoms with Crippen molar-refractivity contribution >= 4 is 5.97 Å². The maximum absolute atomic E-state index is 11.2. The maximum Gasteiger partial charge on any atom is 0.306 e. The summed E-state index contributed by atoms with van der Waals surface area (Å²) in [5, 5.41) is 0. The molecule has 0 spiro atoms. The summed E-state index contributed by atoms with van der Waals surface area (Å²) in [7, 11) is 1.64. The highest BCUT2D eigenvalue weighted by Crippen LogP contribution is 2.02. The van der Waals surface area contributed by atoms with Crippen LogP contribution in [0.2, 0.25) is 0 Å². The molecule has 0 amide bonds. The number of ether oxygens (including phenoxy) is 3. The fraction of sp³-hybridized carbons (Fsp3) is 0.917. The molecule has 16 heavy (non-hydrogen) atoms. The van der Waals surface area contributed by atoms with E-state index in [1.165, 1.54) is 0 Å². The average Bonchev–Trinajstić information content (AvgIpc) is 2.22. The van der Waals surface area contributed by atoms with Gasteiger partial charge in [0.2, 0.25) is 0 Å². The van der Waals surface area contributed by atoms with Crippen LogP contribution in [0, 0.1) is 5.92 Å². The number of carbonyl (C=O) groups is 1. The largest absolute Gasteiger partial charge is 0.463 e. The van der Waals surface area contributed by atoms with Gasteiger partial charge in [-0.25, -0.2) is 0 Å². The molecule has 0 rings (SSSR count). The van der Waals surface area contributed by atoms with E-state index in [1.807, 2.05) is 27.7 Å². The second-order valence-corrected chi connectivity index (χ2v) is 4.47. The number of hydrogen-bond donors (Lipinski definition) is 0. The predicted octanol–water partition coefficient (Wildman–Crippen LogP) is 2.02. The highest BCUT2D eigenvalue weighted by atomic mass is 16.6. The summed E-state index contributed by atoms with van der Waals surface area (Å²) in [6.45, 7) is 8.60. The monoisotopic (exact) mass is 232 g/mol. The molecule has 0 N–H and O–H groups in total. The number of esters is 1. The predicted molar refractivity (Wildman–Crippen MR) is 62.3 cm³/mol. The molecule has 0 aliphatic rings. The Morgan fingerprint density at radius 1 is 1.06 bits per heavy atom. The first-order valence-corrected chi connectivity index (χ1v) is 5.75. The number of carbonyl (C=O) groups excluding carboxylic acids is 1.